The summed E-state index contributed by atoms with van der Waals surface area (Å²) in [7, 11) is 0. The average Bonchev–Trinajstić information content (AvgIpc) is 2.28. The highest BCUT2D eigenvalue weighted by molar-refractivity contribution is 5.13. The molecule has 2 saturated carbocycles. The molecule has 2 N–H and O–H groups in total. The predicted molar refractivity (Wildman–Crippen MR) is 51.3 cm³/mol. The van der Waals surface area contributed by atoms with Gasteiger partial charge in [-0.2, -0.15) is 0 Å². The van der Waals surface area contributed by atoms with Gasteiger partial charge >= 0.3 is 0 Å². The highest BCUT2D eigenvalue weighted by Crippen LogP contribution is 2.58. The number of aliphatic hydroxyl groups is 2. The molecule has 2 bridgehead atoms. The normalized spacial score (nSPS) is 53.8. The maximum Gasteiger partial charge on any atom is 0.0956 e. The van der Waals surface area contributed by atoms with Crippen LogP contribution >= 0.6 is 0 Å². The number of rotatable bonds is 0. The minimum Gasteiger partial charge on any atom is -0.387 e. The van der Waals surface area contributed by atoms with Crippen LogP contribution in [0.5, 0.6) is 0 Å². The second-order valence-corrected chi connectivity index (χ2v) is 5.80. The van der Waals surface area contributed by atoms with Crippen LogP contribution in [0, 0.1) is 11.3 Å². The summed E-state index contributed by atoms with van der Waals surface area (Å²) in [5, 5.41) is 20.7. The summed E-state index contributed by atoms with van der Waals surface area (Å²) < 4.78 is 0. The minimum absolute atomic E-state index is 0.152. The van der Waals surface area contributed by atoms with Crippen molar-refractivity contribution in [3.63, 3.8) is 0 Å². The molecule has 3 unspecified atom stereocenters. The first-order valence-corrected chi connectivity index (χ1v) is 5.23. The maximum atomic E-state index is 10.4. The summed E-state index contributed by atoms with van der Waals surface area (Å²) in [6, 6.07) is 0. The van der Waals surface area contributed by atoms with Crippen LogP contribution in [0.25, 0.3) is 0 Å². The lowest BCUT2D eigenvalue weighted by molar-refractivity contribution is -0.214. The number of fused-ring (bicyclic) bond motifs is 2. The van der Waals surface area contributed by atoms with Gasteiger partial charge in [0, 0.05) is 0 Å². The fraction of sp³-hybridized carbons (Fsp3) is 1.00. The summed E-state index contributed by atoms with van der Waals surface area (Å²) in [6.07, 6.45) is 3.69. The van der Waals surface area contributed by atoms with Gasteiger partial charge in [-0.15, -0.1) is 0 Å². The molecule has 2 aliphatic carbocycles. The smallest absolute Gasteiger partial charge is 0.0956 e. The van der Waals surface area contributed by atoms with E-state index in [2.05, 4.69) is 13.8 Å². The summed E-state index contributed by atoms with van der Waals surface area (Å²) >= 11 is 0. The van der Waals surface area contributed by atoms with Crippen LogP contribution in [-0.2, 0) is 0 Å². The third-order valence-corrected chi connectivity index (χ3v) is 4.62. The molecule has 0 aromatic heterocycles. The van der Waals surface area contributed by atoms with Crippen molar-refractivity contribution in [1.82, 2.24) is 0 Å². The van der Waals surface area contributed by atoms with Crippen molar-refractivity contribution in [2.75, 3.05) is 0 Å². The Bertz CT molecular complexity index is 232. The molecule has 0 aliphatic heterocycles. The SMILES string of the molecule is CC1(C)CC2CCC(O)(C2)C1(C)O. The Balaban J connectivity index is 2.41. The second kappa shape index (κ2) is 2.29. The lowest BCUT2D eigenvalue weighted by Crippen LogP contribution is -2.61. The molecule has 76 valence electrons. The first kappa shape index (κ1) is 9.47. The van der Waals surface area contributed by atoms with Gasteiger partial charge < -0.3 is 10.2 Å². The number of hydrogen-bond donors (Lipinski definition) is 2. The largest absolute Gasteiger partial charge is 0.387 e. The molecule has 0 aromatic rings. The Morgan fingerprint density at radius 3 is 2.31 bits per heavy atom. The zero-order valence-corrected chi connectivity index (χ0v) is 8.80. The number of hydrogen-bond acceptors (Lipinski definition) is 2. The van der Waals surface area contributed by atoms with E-state index in [0.29, 0.717) is 5.92 Å². The van der Waals surface area contributed by atoms with Gasteiger partial charge in [-0.3, -0.25) is 0 Å². The van der Waals surface area contributed by atoms with Crippen molar-refractivity contribution >= 4 is 0 Å². The van der Waals surface area contributed by atoms with Gasteiger partial charge in [0.05, 0.1) is 11.2 Å². The molecule has 0 amide bonds. The molecule has 0 aromatic carbocycles. The van der Waals surface area contributed by atoms with Crippen molar-refractivity contribution in [2.24, 2.45) is 11.3 Å². The molecule has 2 fully saturated rings. The monoisotopic (exact) mass is 184 g/mol. The molecule has 2 heteroatoms. The molecule has 2 aliphatic rings. The maximum absolute atomic E-state index is 10.4. The van der Waals surface area contributed by atoms with Crippen LogP contribution in [0.15, 0.2) is 0 Å². The van der Waals surface area contributed by atoms with Crippen LogP contribution < -0.4 is 0 Å². The lowest BCUT2D eigenvalue weighted by Gasteiger charge is -2.53. The molecule has 0 spiro atoms. The van der Waals surface area contributed by atoms with Crippen LogP contribution in [0.4, 0.5) is 0 Å². The van der Waals surface area contributed by atoms with Crippen molar-refractivity contribution in [1.29, 1.82) is 0 Å². The molecular weight excluding hydrogens is 164 g/mol. The van der Waals surface area contributed by atoms with Crippen LogP contribution in [-0.4, -0.2) is 21.4 Å². The van der Waals surface area contributed by atoms with E-state index >= 15 is 0 Å². The first-order valence-electron chi connectivity index (χ1n) is 5.23. The molecule has 2 nitrogen and oxygen atoms in total. The van der Waals surface area contributed by atoms with Crippen LogP contribution in [0.2, 0.25) is 0 Å². The summed E-state index contributed by atoms with van der Waals surface area (Å²) in [5.74, 6) is 0.625. The average molecular weight is 184 g/mol. The van der Waals surface area contributed by atoms with Gasteiger partial charge in [0.1, 0.15) is 0 Å². The van der Waals surface area contributed by atoms with E-state index in [0.717, 1.165) is 25.7 Å². The Morgan fingerprint density at radius 1 is 1.08 bits per heavy atom. The van der Waals surface area contributed by atoms with Gasteiger partial charge in [-0.1, -0.05) is 13.8 Å². The van der Waals surface area contributed by atoms with Crippen molar-refractivity contribution in [2.45, 2.75) is 57.7 Å². The Labute approximate surface area is 80.0 Å². The fourth-order valence-corrected chi connectivity index (χ4v) is 3.29. The van der Waals surface area contributed by atoms with E-state index in [9.17, 15) is 10.2 Å². The van der Waals surface area contributed by atoms with E-state index in [1.54, 1.807) is 6.92 Å². The summed E-state index contributed by atoms with van der Waals surface area (Å²) in [4.78, 5) is 0. The van der Waals surface area contributed by atoms with E-state index in [-0.39, 0.29) is 5.41 Å². The second-order valence-electron chi connectivity index (χ2n) is 5.80. The highest BCUT2D eigenvalue weighted by atomic mass is 16.4. The van der Waals surface area contributed by atoms with Gasteiger partial charge in [0.2, 0.25) is 0 Å². The molecule has 0 heterocycles. The van der Waals surface area contributed by atoms with Crippen LogP contribution in [0.3, 0.4) is 0 Å². The standard InChI is InChI=1S/C11H20O2/c1-9(2)6-8-4-5-11(13,7-8)10(9,3)12/h8,12-13H,4-7H2,1-3H3. The Morgan fingerprint density at radius 2 is 1.69 bits per heavy atom. The zero-order chi connectivity index (χ0) is 9.91. The lowest BCUT2D eigenvalue weighted by atomic mass is 9.59. The van der Waals surface area contributed by atoms with Crippen LogP contribution in [0.1, 0.15) is 46.5 Å². The third kappa shape index (κ3) is 1.02. The highest BCUT2D eigenvalue weighted by Gasteiger charge is 2.61. The van der Waals surface area contributed by atoms with Gasteiger partial charge in [-0.25, -0.2) is 0 Å². The molecule has 13 heavy (non-hydrogen) atoms. The fourth-order valence-electron chi connectivity index (χ4n) is 3.29. The summed E-state index contributed by atoms with van der Waals surface area (Å²) in [6.45, 7) is 5.93. The van der Waals surface area contributed by atoms with Crippen molar-refractivity contribution < 1.29 is 10.2 Å². The van der Waals surface area contributed by atoms with E-state index in [1.807, 2.05) is 0 Å². The van der Waals surface area contributed by atoms with Gasteiger partial charge in [0.25, 0.3) is 0 Å². The Kier molecular flexibility index (Phi) is 1.67. The molecule has 0 radical (unpaired) electrons. The Hall–Kier alpha value is -0.0800. The first-order chi connectivity index (χ1) is 5.79. The van der Waals surface area contributed by atoms with E-state index < -0.39 is 11.2 Å². The van der Waals surface area contributed by atoms with E-state index in [1.165, 1.54) is 0 Å². The van der Waals surface area contributed by atoms with Gasteiger partial charge in [-0.05, 0) is 43.9 Å². The summed E-state index contributed by atoms with van der Waals surface area (Å²) in [5.41, 5.74) is -1.90. The molecule has 3 atom stereocenters. The topological polar surface area (TPSA) is 40.5 Å². The minimum atomic E-state index is -0.924. The molecule has 0 saturated heterocycles. The predicted octanol–water partition coefficient (Wildman–Crippen LogP) is 1.70. The molecule has 2 rings (SSSR count). The van der Waals surface area contributed by atoms with E-state index in [4.69, 9.17) is 0 Å². The van der Waals surface area contributed by atoms with Crippen molar-refractivity contribution in [3.05, 3.63) is 0 Å². The molecular formula is C11H20O2. The van der Waals surface area contributed by atoms with Gasteiger partial charge in [0.15, 0.2) is 0 Å². The van der Waals surface area contributed by atoms with Crippen molar-refractivity contribution in [3.8, 4) is 0 Å². The quantitative estimate of drug-likeness (QED) is 0.601. The zero-order valence-electron chi connectivity index (χ0n) is 8.80. The third-order valence-electron chi connectivity index (χ3n) is 4.62.